The zero-order chi connectivity index (χ0) is 17.1. The minimum atomic E-state index is 0.0727. The second kappa shape index (κ2) is 7.45. The highest BCUT2D eigenvalue weighted by atomic mass is 16.2. The maximum atomic E-state index is 12.4. The smallest absolute Gasteiger partial charge is 0.227 e. The molecule has 5 heteroatoms. The first-order valence-corrected chi connectivity index (χ1v) is 8.88. The Morgan fingerprint density at radius 1 is 1.12 bits per heavy atom. The molecule has 1 aliphatic heterocycles. The Morgan fingerprint density at radius 2 is 1.75 bits per heavy atom. The SMILES string of the molecule is CC(C(=O)Nc1ccc(C(=O)CN2CCN(C)CC2)cc1)C1CC1. The number of nitrogens with one attached hydrogen (secondary N) is 1. The highest BCUT2D eigenvalue weighted by molar-refractivity contribution is 5.98. The van der Waals surface area contributed by atoms with Gasteiger partial charge in [0.05, 0.1) is 6.54 Å². The third-order valence-electron chi connectivity index (χ3n) is 5.18. The average molecular weight is 329 g/mol. The lowest BCUT2D eigenvalue weighted by atomic mass is 10.1. The number of benzene rings is 1. The van der Waals surface area contributed by atoms with Crippen molar-refractivity contribution < 1.29 is 9.59 Å². The van der Waals surface area contributed by atoms with Crippen molar-refractivity contribution in [3.63, 3.8) is 0 Å². The number of hydrogen-bond acceptors (Lipinski definition) is 4. The van der Waals surface area contributed by atoms with Crippen LogP contribution >= 0.6 is 0 Å². The largest absolute Gasteiger partial charge is 0.326 e. The van der Waals surface area contributed by atoms with E-state index < -0.39 is 0 Å². The maximum Gasteiger partial charge on any atom is 0.227 e. The molecule has 1 heterocycles. The third-order valence-corrected chi connectivity index (χ3v) is 5.18. The van der Waals surface area contributed by atoms with Crippen LogP contribution in [-0.2, 0) is 4.79 Å². The predicted molar refractivity (Wildman–Crippen MR) is 95.2 cm³/mol. The van der Waals surface area contributed by atoms with Crippen LogP contribution in [0.2, 0.25) is 0 Å². The van der Waals surface area contributed by atoms with Crippen LogP contribution in [0.5, 0.6) is 0 Å². The van der Waals surface area contributed by atoms with Gasteiger partial charge in [0, 0.05) is 43.3 Å². The zero-order valence-corrected chi connectivity index (χ0v) is 14.6. The number of carbonyl (C=O) groups is 2. The molecule has 1 saturated heterocycles. The monoisotopic (exact) mass is 329 g/mol. The summed E-state index contributed by atoms with van der Waals surface area (Å²) in [5, 5.41) is 2.95. The summed E-state index contributed by atoms with van der Waals surface area (Å²) in [5.74, 6) is 0.843. The van der Waals surface area contributed by atoms with E-state index in [1.165, 1.54) is 0 Å². The van der Waals surface area contributed by atoms with Gasteiger partial charge in [-0.1, -0.05) is 6.92 Å². The number of likely N-dealkylation sites (N-methyl/N-ethyl adjacent to an activating group) is 1. The Labute approximate surface area is 144 Å². The van der Waals surface area contributed by atoms with Gasteiger partial charge in [-0.15, -0.1) is 0 Å². The van der Waals surface area contributed by atoms with E-state index in [4.69, 9.17) is 0 Å². The van der Waals surface area contributed by atoms with Crippen LogP contribution in [0.1, 0.15) is 30.1 Å². The average Bonchev–Trinajstić information content (AvgIpc) is 3.42. The van der Waals surface area contributed by atoms with Crippen LogP contribution in [0.3, 0.4) is 0 Å². The Bertz CT molecular complexity index is 587. The van der Waals surface area contributed by atoms with Crippen LogP contribution in [0.15, 0.2) is 24.3 Å². The van der Waals surface area contributed by atoms with Gasteiger partial charge in [-0.25, -0.2) is 0 Å². The molecule has 1 atom stereocenters. The summed E-state index contributed by atoms with van der Waals surface area (Å²) in [6.07, 6.45) is 2.32. The van der Waals surface area contributed by atoms with E-state index in [0.717, 1.165) is 44.7 Å². The molecule has 1 aromatic carbocycles. The second-order valence-corrected chi connectivity index (χ2v) is 7.20. The fourth-order valence-corrected chi connectivity index (χ4v) is 3.11. The second-order valence-electron chi connectivity index (χ2n) is 7.20. The molecular weight excluding hydrogens is 302 g/mol. The molecule has 1 N–H and O–H groups in total. The molecule has 0 radical (unpaired) electrons. The van der Waals surface area contributed by atoms with Crippen molar-refractivity contribution in [2.75, 3.05) is 45.1 Å². The highest BCUT2D eigenvalue weighted by Gasteiger charge is 2.32. The highest BCUT2D eigenvalue weighted by Crippen LogP contribution is 2.37. The number of piperazine rings is 1. The van der Waals surface area contributed by atoms with Gasteiger partial charge in [0.2, 0.25) is 5.91 Å². The number of amides is 1. The van der Waals surface area contributed by atoms with Crippen LogP contribution in [0.25, 0.3) is 0 Å². The topological polar surface area (TPSA) is 52.7 Å². The van der Waals surface area contributed by atoms with Crippen LogP contribution in [0, 0.1) is 11.8 Å². The van der Waals surface area contributed by atoms with Crippen molar-refractivity contribution in [2.45, 2.75) is 19.8 Å². The molecule has 1 amide bonds. The molecule has 1 aromatic rings. The van der Waals surface area contributed by atoms with Gasteiger partial charge in [0.15, 0.2) is 5.78 Å². The molecule has 5 nitrogen and oxygen atoms in total. The summed E-state index contributed by atoms with van der Waals surface area (Å²) in [6, 6.07) is 7.29. The normalized spacial score (nSPS) is 20.6. The van der Waals surface area contributed by atoms with E-state index in [1.54, 1.807) is 0 Å². The molecule has 0 aromatic heterocycles. The fourth-order valence-electron chi connectivity index (χ4n) is 3.11. The lowest BCUT2D eigenvalue weighted by Gasteiger charge is -2.31. The van der Waals surface area contributed by atoms with Gasteiger partial charge in [-0.05, 0) is 50.1 Å². The zero-order valence-electron chi connectivity index (χ0n) is 14.6. The van der Waals surface area contributed by atoms with Gasteiger partial charge in [0.1, 0.15) is 0 Å². The molecule has 1 unspecified atom stereocenters. The minimum absolute atomic E-state index is 0.0727. The van der Waals surface area contributed by atoms with E-state index >= 15 is 0 Å². The molecule has 2 aliphatic rings. The maximum absolute atomic E-state index is 12.4. The third kappa shape index (κ3) is 4.42. The predicted octanol–water partition coefficient (Wildman–Crippen LogP) is 2.10. The van der Waals surface area contributed by atoms with E-state index in [0.29, 0.717) is 18.0 Å². The van der Waals surface area contributed by atoms with Crippen LogP contribution < -0.4 is 5.32 Å². The molecule has 2 fully saturated rings. The van der Waals surface area contributed by atoms with Gasteiger partial charge in [-0.2, -0.15) is 0 Å². The number of carbonyl (C=O) groups excluding carboxylic acids is 2. The molecular formula is C19H27N3O2. The summed E-state index contributed by atoms with van der Waals surface area (Å²) in [7, 11) is 2.11. The Kier molecular flexibility index (Phi) is 5.31. The van der Waals surface area contributed by atoms with Gasteiger partial charge >= 0.3 is 0 Å². The lowest BCUT2D eigenvalue weighted by Crippen LogP contribution is -2.46. The molecule has 0 bridgehead atoms. The number of hydrogen-bond donors (Lipinski definition) is 1. The van der Waals surface area contributed by atoms with Crippen molar-refractivity contribution in [2.24, 2.45) is 11.8 Å². The minimum Gasteiger partial charge on any atom is -0.326 e. The summed E-state index contributed by atoms with van der Waals surface area (Å²) < 4.78 is 0. The molecule has 0 spiro atoms. The van der Waals surface area contributed by atoms with Crippen LogP contribution in [-0.4, -0.2) is 61.3 Å². The summed E-state index contributed by atoms with van der Waals surface area (Å²) >= 11 is 0. The van der Waals surface area contributed by atoms with E-state index in [9.17, 15) is 9.59 Å². The molecule has 1 saturated carbocycles. The Morgan fingerprint density at radius 3 is 2.33 bits per heavy atom. The Balaban J connectivity index is 1.51. The van der Waals surface area contributed by atoms with Crippen molar-refractivity contribution >= 4 is 17.4 Å². The summed E-state index contributed by atoms with van der Waals surface area (Å²) in [6.45, 7) is 6.36. The summed E-state index contributed by atoms with van der Waals surface area (Å²) in [5.41, 5.74) is 1.48. The van der Waals surface area contributed by atoms with Crippen molar-refractivity contribution in [1.29, 1.82) is 0 Å². The number of ketones is 1. The van der Waals surface area contributed by atoms with Crippen molar-refractivity contribution in [3.05, 3.63) is 29.8 Å². The fraction of sp³-hybridized carbons (Fsp3) is 0.579. The van der Waals surface area contributed by atoms with Crippen molar-refractivity contribution in [3.8, 4) is 0 Å². The molecule has 3 rings (SSSR count). The number of Topliss-reactive ketones (excluding diaryl/α,β-unsaturated/α-hetero) is 1. The molecule has 24 heavy (non-hydrogen) atoms. The van der Waals surface area contributed by atoms with Gasteiger partial charge in [-0.3, -0.25) is 14.5 Å². The van der Waals surface area contributed by atoms with Gasteiger partial charge < -0.3 is 10.2 Å². The first kappa shape index (κ1) is 17.1. The first-order chi connectivity index (χ1) is 11.5. The van der Waals surface area contributed by atoms with Gasteiger partial charge in [0.25, 0.3) is 0 Å². The van der Waals surface area contributed by atoms with Crippen LogP contribution in [0.4, 0.5) is 5.69 Å². The molecule has 130 valence electrons. The first-order valence-electron chi connectivity index (χ1n) is 8.88. The number of nitrogens with zero attached hydrogens (tertiary/aromatic N) is 2. The van der Waals surface area contributed by atoms with E-state index in [-0.39, 0.29) is 17.6 Å². The van der Waals surface area contributed by atoms with E-state index in [1.807, 2.05) is 31.2 Å². The molecule has 1 aliphatic carbocycles. The van der Waals surface area contributed by atoms with E-state index in [2.05, 4.69) is 22.2 Å². The quantitative estimate of drug-likeness (QED) is 0.812. The Hall–Kier alpha value is -1.72. The standard InChI is InChI=1S/C19H27N3O2/c1-14(15-3-4-15)19(24)20-17-7-5-16(6-8-17)18(23)13-22-11-9-21(2)10-12-22/h5-8,14-15H,3-4,9-13H2,1-2H3,(H,20,24). The summed E-state index contributed by atoms with van der Waals surface area (Å²) in [4.78, 5) is 29.0. The lowest BCUT2D eigenvalue weighted by molar-refractivity contribution is -0.119. The number of rotatable bonds is 6. The number of anilines is 1. The van der Waals surface area contributed by atoms with Crippen molar-refractivity contribution in [1.82, 2.24) is 9.80 Å².